The van der Waals surface area contributed by atoms with Gasteiger partial charge in [0.15, 0.2) is 5.76 Å². The molecule has 3 rings (SSSR count). The van der Waals surface area contributed by atoms with E-state index in [4.69, 9.17) is 4.42 Å². The van der Waals surface area contributed by atoms with Crippen LogP contribution in [0.1, 0.15) is 37.2 Å². The summed E-state index contributed by atoms with van der Waals surface area (Å²) < 4.78 is 5.15. The molecule has 2 saturated heterocycles. The van der Waals surface area contributed by atoms with Gasteiger partial charge in [-0.05, 0) is 25.5 Å². The Morgan fingerprint density at radius 2 is 1.92 bits per heavy atom. The van der Waals surface area contributed by atoms with Crippen LogP contribution >= 0.6 is 0 Å². The fraction of sp³-hybridized carbons (Fsp3) is 0.611. The van der Waals surface area contributed by atoms with Crippen LogP contribution in [0, 0.1) is 5.92 Å². The summed E-state index contributed by atoms with van der Waals surface area (Å²) in [6, 6.07) is 3.51. The Kier molecular flexibility index (Phi) is 5.11. The number of carbonyl (C=O) groups excluding carboxylic acids is 3. The first-order chi connectivity index (χ1) is 12.0. The zero-order valence-electron chi connectivity index (χ0n) is 14.8. The van der Waals surface area contributed by atoms with Crippen molar-refractivity contribution in [3.63, 3.8) is 0 Å². The molecule has 2 fully saturated rings. The van der Waals surface area contributed by atoms with Crippen molar-refractivity contribution in [1.82, 2.24) is 14.7 Å². The summed E-state index contributed by atoms with van der Waals surface area (Å²) in [5.74, 6) is 0.0267. The zero-order chi connectivity index (χ0) is 18.0. The number of furan rings is 1. The van der Waals surface area contributed by atoms with E-state index in [1.807, 2.05) is 18.7 Å². The average Bonchev–Trinajstić information content (AvgIpc) is 3.30. The minimum Gasteiger partial charge on any atom is -0.459 e. The van der Waals surface area contributed by atoms with Crippen LogP contribution in [-0.2, 0) is 9.59 Å². The Morgan fingerprint density at radius 1 is 1.24 bits per heavy atom. The number of rotatable bonds is 4. The van der Waals surface area contributed by atoms with Crippen molar-refractivity contribution >= 4 is 17.7 Å². The van der Waals surface area contributed by atoms with Gasteiger partial charge >= 0.3 is 0 Å². The molecule has 136 valence electrons. The highest BCUT2D eigenvalue weighted by Crippen LogP contribution is 2.24. The van der Waals surface area contributed by atoms with Crippen LogP contribution in [0.15, 0.2) is 22.8 Å². The molecule has 0 saturated carbocycles. The third-order valence-electron chi connectivity index (χ3n) is 5.24. The van der Waals surface area contributed by atoms with E-state index in [-0.39, 0.29) is 29.7 Å². The Hall–Kier alpha value is -2.31. The van der Waals surface area contributed by atoms with Gasteiger partial charge in [0.25, 0.3) is 5.91 Å². The SMILES string of the molecule is CCC(C)N1CC(C(=O)N2CCN(C(=O)c3ccco3)CC2)CC1=O. The first-order valence-electron chi connectivity index (χ1n) is 8.92. The first kappa shape index (κ1) is 17.5. The van der Waals surface area contributed by atoms with Crippen molar-refractivity contribution < 1.29 is 18.8 Å². The molecule has 3 amide bonds. The van der Waals surface area contributed by atoms with Crippen molar-refractivity contribution in [2.45, 2.75) is 32.7 Å². The average molecular weight is 347 g/mol. The van der Waals surface area contributed by atoms with Crippen molar-refractivity contribution in [3.8, 4) is 0 Å². The lowest BCUT2D eigenvalue weighted by molar-refractivity contribution is -0.137. The summed E-state index contributed by atoms with van der Waals surface area (Å²) in [5.41, 5.74) is 0. The van der Waals surface area contributed by atoms with Crippen LogP contribution in [0.25, 0.3) is 0 Å². The molecule has 25 heavy (non-hydrogen) atoms. The molecule has 0 aromatic carbocycles. The number of carbonyl (C=O) groups is 3. The maximum Gasteiger partial charge on any atom is 0.289 e. The third kappa shape index (κ3) is 3.55. The highest BCUT2D eigenvalue weighted by atomic mass is 16.3. The van der Waals surface area contributed by atoms with Crippen molar-refractivity contribution in [2.24, 2.45) is 5.92 Å². The van der Waals surface area contributed by atoms with E-state index in [2.05, 4.69) is 0 Å². The van der Waals surface area contributed by atoms with Crippen molar-refractivity contribution in [3.05, 3.63) is 24.2 Å². The van der Waals surface area contributed by atoms with Gasteiger partial charge in [0.05, 0.1) is 12.2 Å². The van der Waals surface area contributed by atoms with E-state index in [1.165, 1.54) is 6.26 Å². The maximum atomic E-state index is 12.7. The van der Waals surface area contributed by atoms with Gasteiger partial charge < -0.3 is 19.1 Å². The lowest BCUT2D eigenvalue weighted by Crippen LogP contribution is -2.52. The molecule has 2 aliphatic heterocycles. The lowest BCUT2D eigenvalue weighted by Gasteiger charge is -2.35. The Labute approximate surface area is 147 Å². The zero-order valence-corrected chi connectivity index (χ0v) is 14.8. The van der Waals surface area contributed by atoms with E-state index >= 15 is 0 Å². The smallest absolute Gasteiger partial charge is 0.289 e. The minimum absolute atomic E-state index is 0.0317. The second-order valence-electron chi connectivity index (χ2n) is 6.80. The second-order valence-corrected chi connectivity index (χ2v) is 6.80. The maximum absolute atomic E-state index is 12.7. The van der Waals surface area contributed by atoms with Gasteiger partial charge in [0.2, 0.25) is 11.8 Å². The predicted octanol–water partition coefficient (Wildman–Crippen LogP) is 1.21. The lowest BCUT2D eigenvalue weighted by atomic mass is 10.1. The standard InChI is InChI=1S/C18H25N3O4/c1-3-13(2)21-12-14(11-16(21)22)17(23)19-6-8-20(9-7-19)18(24)15-5-4-10-25-15/h4-5,10,13-14H,3,6-9,11-12H2,1-2H3. The summed E-state index contributed by atoms with van der Waals surface area (Å²) in [7, 11) is 0. The van der Waals surface area contributed by atoms with Crippen LogP contribution in [0.4, 0.5) is 0 Å². The Bertz CT molecular complexity index is 635. The summed E-state index contributed by atoms with van der Waals surface area (Å²) in [5, 5.41) is 0. The first-order valence-corrected chi connectivity index (χ1v) is 8.92. The number of amides is 3. The topological polar surface area (TPSA) is 74.1 Å². The molecule has 0 aliphatic carbocycles. The number of hydrogen-bond donors (Lipinski definition) is 0. The number of piperazine rings is 1. The van der Waals surface area contributed by atoms with E-state index in [9.17, 15) is 14.4 Å². The van der Waals surface area contributed by atoms with Crippen LogP contribution < -0.4 is 0 Å². The summed E-state index contributed by atoms with van der Waals surface area (Å²) >= 11 is 0. The molecule has 2 aliphatic rings. The van der Waals surface area contributed by atoms with Crippen LogP contribution in [0.3, 0.4) is 0 Å². The molecule has 1 aromatic heterocycles. The van der Waals surface area contributed by atoms with E-state index in [0.29, 0.717) is 44.9 Å². The molecule has 0 bridgehead atoms. The van der Waals surface area contributed by atoms with E-state index < -0.39 is 0 Å². The summed E-state index contributed by atoms with van der Waals surface area (Å²) in [6.45, 7) is 6.55. The quantitative estimate of drug-likeness (QED) is 0.821. The highest BCUT2D eigenvalue weighted by Gasteiger charge is 2.39. The van der Waals surface area contributed by atoms with Gasteiger partial charge in [-0.2, -0.15) is 0 Å². The molecular formula is C18H25N3O4. The van der Waals surface area contributed by atoms with Gasteiger partial charge in [0.1, 0.15) is 0 Å². The molecule has 0 N–H and O–H groups in total. The fourth-order valence-electron chi connectivity index (χ4n) is 3.49. The van der Waals surface area contributed by atoms with Gasteiger partial charge in [-0.15, -0.1) is 0 Å². The van der Waals surface area contributed by atoms with E-state index in [1.54, 1.807) is 21.9 Å². The molecular weight excluding hydrogens is 322 g/mol. The van der Waals surface area contributed by atoms with Gasteiger partial charge in [0, 0.05) is 45.2 Å². The van der Waals surface area contributed by atoms with Crippen molar-refractivity contribution in [2.75, 3.05) is 32.7 Å². The van der Waals surface area contributed by atoms with Gasteiger partial charge in [-0.1, -0.05) is 6.92 Å². The highest BCUT2D eigenvalue weighted by molar-refractivity contribution is 5.92. The molecule has 7 heteroatoms. The van der Waals surface area contributed by atoms with Crippen LogP contribution in [0.5, 0.6) is 0 Å². The molecule has 0 radical (unpaired) electrons. The molecule has 3 heterocycles. The minimum atomic E-state index is -0.256. The Morgan fingerprint density at radius 3 is 2.52 bits per heavy atom. The van der Waals surface area contributed by atoms with Crippen molar-refractivity contribution in [1.29, 1.82) is 0 Å². The van der Waals surface area contributed by atoms with E-state index in [0.717, 1.165) is 6.42 Å². The van der Waals surface area contributed by atoms with Gasteiger partial charge in [-0.25, -0.2) is 0 Å². The fourth-order valence-corrected chi connectivity index (χ4v) is 3.49. The molecule has 2 atom stereocenters. The summed E-state index contributed by atoms with van der Waals surface area (Å²) in [6.07, 6.45) is 2.67. The number of nitrogens with zero attached hydrogens (tertiary/aromatic N) is 3. The Balaban J connectivity index is 1.54. The largest absolute Gasteiger partial charge is 0.459 e. The molecule has 1 aromatic rings. The van der Waals surface area contributed by atoms with Gasteiger partial charge in [-0.3, -0.25) is 14.4 Å². The monoisotopic (exact) mass is 347 g/mol. The summed E-state index contributed by atoms with van der Waals surface area (Å²) in [4.78, 5) is 42.4. The van der Waals surface area contributed by atoms with Crippen LogP contribution in [-0.4, -0.2) is 71.2 Å². The second kappa shape index (κ2) is 7.29. The predicted molar refractivity (Wildman–Crippen MR) is 90.8 cm³/mol. The normalized spacial score (nSPS) is 22.4. The molecule has 0 spiro atoms. The number of hydrogen-bond acceptors (Lipinski definition) is 4. The number of likely N-dealkylation sites (tertiary alicyclic amines) is 1. The molecule has 2 unspecified atom stereocenters. The third-order valence-corrected chi connectivity index (χ3v) is 5.24. The van der Waals surface area contributed by atoms with Crippen LogP contribution in [0.2, 0.25) is 0 Å². The molecule has 7 nitrogen and oxygen atoms in total.